The molecular weight excluding hydrogens is 404 g/mol. The zero-order valence-corrected chi connectivity index (χ0v) is 15.6. The highest BCUT2D eigenvalue weighted by Crippen LogP contribution is 2.32. The first-order chi connectivity index (χ1) is 9.61. The quantitative estimate of drug-likeness (QED) is 0.703. The minimum atomic E-state index is 0.214. The Hall–Kier alpha value is 0.250. The average Bonchev–Trinajstić information content (AvgIpc) is 2.78. The Morgan fingerprint density at radius 2 is 2.15 bits per heavy atom. The third-order valence-electron chi connectivity index (χ3n) is 3.64. The zero-order valence-electron chi connectivity index (χ0n) is 11.6. The Morgan fingerprint density at radius 1 is 1.45 bits per heavy atom. The maximum atomic E-state index is 12.5. The number of piperidine rings is 1. The standard InChI is InChI=1S/C14H20Br2N2OS/c1-2-7-18(10-3-5-17-6-4-10)9-12(19)11-8-13(15)20-14(11)16/h8,10,17H,2-7,9H2,1H3. The highest BCUT2D eigenvalue weighted by Gasteiger charge is 2.24. The predicted molar refractivity (Wildman–Crippen MR) is 91.8 cm³/mol. The van der Waals surface area contributed by atoms with Crippen molar-refractivity contribution < 1.29 is 4.79 Å². The maximum Gasteiger partial charge on any atom is 0.178 e. The van der Waals surface area contributed by atoms with Crippen molar-refractivity contribution in [2.75, 3.05) is 26.2 Å². The molecule has 0 aliphatic carbocycles. The van der Waals surface area contributed by atoms with Crippen LogP contribution in [0.5, 0.6) is 0 Å². The Morgan fingerprint density at radius 3 is 2.70 bits per heavy atom. The van der Waals surface area contributed by atoms with E-state index in [1.165, 1.54) is 0 Å². The molecule has 1 aromatic rings. The molecule has 112 valence electrons. The van der Waals surface area contributed by atoms with E-state index in [0.717, 1.165) is 52.0 Å². The summed E-state index contributed by atoms with van der Waals surface area (Å²) in [5, 5.41) is 3.39. The van der Waals surface area contributed by atoms with Crippen molar-refractivity contribution in [2.45, 2.75) is 32.2 Å². The van der Waals surface area contributed by atoms with Crippen LogP contribution in [-0.2, 0) is 0 Å². The van der Waals surface area contributed by atoms with Crippen molar-refractivity contribution in [3.05, 3.63) is 19.2 Å². The van der Waals surface area contributed by atoms with Gasteiger partial charge in [0.25, 0.3) is 0 Å². The molecule has 0 aromatic carbocycles. The zero-order chi connectivity index (χ0) is 14.5. The van der Waals surface area contributed by atoms with Gasteiger partial charge in [-0.05, 0) is 76.8 Å². The third-order valence-corrected chi connectivity index (χ3v) is 5.98. The van der Waals surface area contributed by atoms with Crippen molar-refractivity contribution in [3.63, 3.8) is 0 Å². The highest BCUT2D eigenvalue weighted by atomic mass is 79.9. The molecule has 1 aromatic heterocycles. The summed E-state index contributed by atoms with van der Waals surface area (Å²) in [4.78, 5) is 14.9. The second-order valence-corrected chi connectivity index (χ2v) is 8.86. The van der Waals surface area contributed by atoms with Crippen LogP contribution in [0.3, 0.4) is 0 Å². The topological polar surface area (TPSA) is 32.3 Å². The minimum Gasteiger partial charge on any atom is -0.317 e. The molecule has 0 atom stereocenters. The number of nitrogens with one attached hydrogen (secondary N) is 1. The minimum absolute atomic E-state index is 0.214. The summed E-state index contributed by atoms with van der Waals surface area (Å²) in [6.07, 6.45) is 3.37. The molecule has 6 heteroatoms. The number of carbonyl (C=O) groups is 1. The van der Waals surface area contributed by atoms with E-state index >= 15 is 0 Å². The summed E-state index contributed by atoms with van der Waals surface area (Å²) >= 11 is 8.48. The fourth-order valence-electron chi connectivity index (χ4n) is 2.65. The monoisotopic (exact) mass is 422 g/mol. The van der Waals surface area contributed by atoms with Crippen LogP contribution in [0.25, 0.3) is 0 Å². The molecule has 0 bridgehead atoms. The fraction of sp³-hybridized carbons (Fsp3) is 0.643. The number of thiophene rings is 1. The number of Topliss-reactive ketones (excluding diaryl/α,β-unsaturated/α-hetero) is 1. The number of carbonyl (C=O) groups excluding carboxylic acids is 1. The van der Waals surface area contributed by atoms with E-state index in [1.54, 1.807) is 11.3 Å². The van der Waals surface area contributed by atoms with E-state index in [9.17, 15) is 4.79 Å². The number of halogens is 2. The smallest absolute Gasteiger partial charge is 0.178 e. The lowest BCUT2D eigenvalue weighted by Crippen LogP contribution is -2.45. The number of nitrogens with zero attached hydrogens (tertiary/aromatic N) is 1. The van der Waals surface area contributed by atoms with Gasteiger partial charge in [0.15, 0.2) is 5.78 Å². The van der Waals surface area contributed by atoms with Crippen LogP contribution in [0, 0.1) is 0 Å². The lowest BCUT2D eigenvalue weighted by Gasteiger charge is -2.34. The molecule has 2 rings (SSSR count). The van der Waals surface area contributed by atoms with E-state index in [2.05, 4.69) is 49.0 Å². The van der Waals surface area contributed by atoms with Gasteiger partial charge in [-0.2, -0.15) is 0 Å². The molecule has 3 nitrogen and oxygen atoms in total. The molecule has 0 amide bonds. The first-order valence-corrected chi connectivity index (χ1v) is 9.45. The fourth-order valence-corrected chi connectivity index (χ4v) is 5.51. The molecule has 0 spiro atoms. The van der Waals surface area contributed by atoms with Gasteiger partial charge in [-0.1, -0.05) is 6.92 Å². The van der Waals surface area contributed by atoms with Gasteiger partial charge in [0.2, 0.25) is 0 Å². The van der Waals surface area contributed by atoms with E-state index in [0.29, 0.717) is 12.6 Å². The van der Waals surface area contributed by atoms with Crippen molar-refractivity contribution in [3.8, 4) is 0 Å². The summed E-state index contributed by atoms with van der Waals surface area (Å²) in [5.41, 5.74) is 0.803. The van der Waals surface area contributed by atoms with E-state index < -0.39 is 0 Å². The van der Waals surface area contributed by atoms with Crippen LogP contribution < -0.4 is 5.32 Å². The molecule has 0 unspecified atom stereocenters. The van der Waals surface area contributed by atoms with Gasteiger partial charge < -0.3 is 5.32 Å². The van der Waals surface area contributed by atoms with Gasteiger partial charge in [0.1, 0.15) is 0 Å². The second-order valence-electron chi connectivity index (χ2n) is 5.11. The summed E-state index contributed by atoms with van der Waals surface area (Å²) in [5.74, 6) is 0.214. The van der Waals surface area contributed by atoms with Gasteiger partial charge in [0.05, 0.1) is 14.1 Å². The van der Waals surface area contributed by atoms with Crippen LogP contribution in [0.4, 0.5) is 0 Å². The van der Waals surface area contributed by atoms with E-state index in [-0.39, 0.29) is 5.78 Å². The first kappa shape index (κ1) is 16.6. The lowest BCUT2D eigenvalue weighted by molar-refractivity contribution is 0.0865. The largest absolute Gasteiger partial charge is 0.317 e. The average molecular weight is 424 g/mol. The summed E-state index contributed by atoms with van der Waals surface area (Å²) < 4.78 is 1.92. The van der Waals surface area contributed by atoms with Crippen molar-refractivity contribution >= 4 is 49.0 Å². The van der Waals surface area contributed by atoms with Crippen LogP contribution in [0.2, 0.25) is 0 Å². The number of rotatable bonds is 6. The molecule has 1 aliphatic heterocycles. The van der Waals surface area contributed by atoms with E-state index in [4.69, 9.17) is 0 Å². The van der Waals surface area contributed by atoms with Gasteiger partial charge in [-0.15, -0.1) is 11.3 Å². The SMILES string of the molecule is CCCN(CC(=O)c1cc(Br)sc1Br)C1CCNCC1. The number of hydrogen-bond donors (Lipinski definition) is 1. The Bertz CT molecular complexity index is 458. The van der Waals surface area contributed by atoms with Crippen LogP contribution >= 0.6 is 43.2 Å². The summed E-state index contributed by atoms with van der Waals surface area (Å²) in [7, 11) is 0. The molecule has 0 radical (unpaired) electrons. The highest BCUT2D eigenvalue weighted by molar-refractivity contribution is 9.12. The van der Waals surface area contributed by atoms with Crippen LogP contribution in [0.15, 0.2) is 13.6 Å². The molecule has 1 saturated heterocycles. The van der Waals surface area contributed by atoms with Crippen LogP contribution in [-0.4, -0.2) is 42.9 Å². The van der Waals surface area contributed by atoms with Gasteiger partial charge in [-0.25, -0.2) is 0 Å². The van der Waals surface area contributed by atoms with Crippen molar-refractivity contribution in [1.82, 2.24) is 10.2 Å². The van der Waals surface area contributed by atoms with Crippen molar-refractivity contribution in [2.24, 2.45) is 0 Å². The molecule has 20 heavy (non-hydrogen) atoms. The number of hydrogen-bond acceptors (Lipinski definition) is 4. The molecule has 1 fully saturated rings. The van der Waals surface area contributed by atoms with E-state index in [1.807, 2.05) is 6.07 Å². The predicted octanol–water partition coefficient (Wildman–Crippen LogP) is 3.92. The molecule has 0 saturated carbocycles. The summed E-state index contributed by atoms with van der Waals surface area (Å²) in [6, 6.07) is 2.46. The third kappa shape index (κ3) is 4.37. The van der Waals surface area contributed by atoms with Crippen LogP contribution in [0.1, 0.15) is 36.5 Å². The summed E-state index contributed by atoms with van der Waals surface area (Å²) in [6.45, 7) is 5.83. The second kappa shape index (κ2) is 8.03. The Balaban J connectivity index is 2.03. The Kier molecular flexibility index (Phi) is 6.68. The molecule has 2 heterocycles. The molecule has 1 N–H and O–H groups in total. The Labute approximate surface area is 141 Å². The first-order valence-electron chi connectivity index (χ1n) is 7.04. The van der Waals surface area contributed by atoms with Crippen molar-refractivity contribution in [1.29, 1.82) is 0 Å². The molecular formula is C14H20Br2N2OS. The van der Waals surface area contributed by atoms with Gasteiger partial charge >= 0.3 is 0 Å². The molecule has 1 aliphatic rings. The maximum absolute atomic E-state index is 12.5. The number of ketones is 1. The van der Waals surface area contributed by atoms with Gasteiger partial charge in [-0.3, -0.25) is 9.69 Å². The normalized spacial score (nSPS) is 16.8. The van der Waals surface area contributed by atoms with Gasteiger partial charge in [0, 0.05) is 11.6 Å². The lowest BCUT2D eigenvalue weighted by atomic mass is 10.0.